The lowest BCUT2D eigenvalue weighted by atomic mass is 9.86. The molecule has 1 aliphatic carbocycles. The predicted octanol–water partition coefficient (Wildman–Crippen LogP) is 4.94. The van der Waals surface area contributed by atoms with Crippen LogP contribution in [0.15, 0.2) is 41.0 Å². The molecule has 2 heterocycles. The maximum atomic E-state index is 12.7. The Kier molecular flexibility index (Phi) is 8.82. The fraction of sp³-hybridized carbons (Fsp3) is 0.440. The van der Waals surface area contributed by atoms with Gasteiger partial charge in [-0.25, -0.2) is 16.4 Å². The second-order valence-corrected chi connectivity index (χ2v) is 8.51. The van der Waals surface area contributed by atoms with Gasteiger partial charge in [-0.05, 0) is 80.8 Å². The molecule has 3 aliphatic rings. The van der Waals surface area contributed by atoms with Crippen molar-refractivity contribution in [3.05, 3.63) is 58.6 Å². The van der Waals surface area contributed by atoms with E-state index in [1.54, 1.807) is 6.08 Å². The fourth-order valence-corrected chi connectivity index (χ4v) is 4.22. The molecule has 1 amide bonds. The minimum absolute atomic E-state index is 0.241. The number of carbonyl (C=O) groups excluding carboxylic acids is 1. The molecule has 3 N–H and O–H groups in total. The zero-order valence-electron chi connectivity index (χ0n) is 19.1. The summed E-state index contributed by atoms with van der Waals surface area (Å²) in [7, 11) is 0. The van der Waals surface area contributed by atoms with Crippen LogP contribution in [-0.4, -0.2) is 48.5 Å². The molecule has 35 heavy (non-hydrogen) atoms. The highest BCUT2D eigenvalue weighted by Gasteiger charge is 2.38. The van der Waals surface area contributed by atoms with Gasteiger partial charge in [0.05, 0.1) is 6.21 Å². The van der Waals surface area contributed by atoms with Crippen LogP contribution in [0.1, 0.15) is 55.6 Å². The second kappa shape index (κ2) is 11.8. The van der Waals surface area contributed by atoms with Crippen molar-refractivity contribution in [2.75, 3.05) is 18.4 Å². The first kappa shape index (κ1) is 26.2. The maximum Gasteiger partial charge on any atom is 0.490 e. The molecule has 1 atom stereocenters. The third kappa shape index (κ3) is 7.26. The lowest BCUT2D eigenvalue weighted by Gasteiger charge is -2.25. The highest BCUT2D eigenvalue weighted by Crippen LogP contribution is 2.36. The maximum absolute atomic E-state index is 12.7. The van der Waals surface area contributed by atoms with Crippen LogP contribution < -0.4 is 10.6 Å². The van der Waals surface area contributed by atoms with Gasteiger partial charge in [-0.3, -0.25) is 4.79 Å². The number of anilines is 1. The Morgan fingerprint density at radius 1 is 1.20 bits per heavy atom. The molecule has 0 saturated carbocycles. The number of hydrogen-bond acceptors (Lipinski definition) is 4. The quantitative estimate of drug-likeness (QED) is 0.524. The summed E-state index contributed by atoms with van der Waals surface area (Å²) < 4.78 is 31.7. The molecule has 0 bridgehead atoms. The van der Waals surface area contributed by atoms with E-state index in [2.05, 4.69) is 38.7 Å². The van der Waals surface area contributed by atoms with Crippen LogP contribution in [0.5, 0.6) is 0 Å². The Hall–Kier alpha value is -3.45. The number of carbonyl (C=O) groups is 2. The van der Waals surface area contributed by atoms with Crippen LogP contribution >= 0.6 is 0 Å². The van der Waals surface area contributed by atoms with Crippen LogP contribution in [0.3, 0.4) is 0 Å². The number of rotatable bonds is 4. The molecule has 1 unspecified atom stereocenters. The van der Waals surface area contributed by atoms with Crippen molar-refractivity contribution in [2.45, 2.75) is 56.7 Å². The third-order valence-corrected chi connectivity index (χ3v) is 6.06. The average Bonchev–Trinajstić information content (AvgIpc) is 3.35. The first-order valence-corrected chi connectivity index (χ1v) is 11.5. The van der Waals surface area contributed by atoms with Gasteiger partial charge in [-0.15, -0.1) is 0 Å². The first-order valence-electron chi connectivity index (χ1n) is 11.5. The van der Waals surface area contributed by atoms with Crippen LogP contribution in [-0.2, 0) is 9.59 Å². The number of aliphatic imine (C=N–C) groups is 1. The van der Waals surface area contributed by atoms with E-state index in [9.17, 15) is 18.0 Å². The van der Waals surface area contributed by atoms with Crippen molar-refractivity contribution >= 4 is 29.4 Å². The van der Waals surface area contributed by atoms with Crippen LogP contribution in [0.4, 0.5) is 18.9 Å². The molecule has 0 aromatic heterocycles. The van der Waals surface area contributed by atoms with E-state index in [0.29, 0.717) is 11.6 Å². The topological polar surface area (TPSA) is 95.2 Å². The van der Waals surface area contributed by atoms with Gasteiger partial charge in [0.2, 0.25) is 0 Å². The molecule has 0 spiro atoms. The lowest BCUT2D eigenvalue weighted by molar-refractivity contribution is -0.192. The molecule has 7 nitrogen and oxygen atoms in total. The Morgan fingerprint density at radius 2 is 1.91 bits per heavy atom. The van der Waals surface area contributed by atoms with E-state index < -0.39 is 18.2 Å². The van der Waals surface area contributed by atoms with E-state index in [-0.39, 0.29) is 5.91 Å². The van der Waals surface area contributed by atoms with Gasteiger partial charge in [0.15, 0.2) is 0 Å². The molecule has 4 rings (SSSR count). The molecule has 0 radical (unpaired) electrons. The van der Waals surface area contributed by atoms with Gasteiger partial charge < -0.3 is 20.6 Å². The van der Waals surface area contributed by atoms with Crippen molar-refractivity contribution in [1.82, 2.24) is 5.32 Å². The Morgan fingerprint density at radius 3 is 2.49 bits per heavy atom. The van der Waals surface area contributed by atoms with Gasteiger partial charge in [-0.2, -0.15) is 13.2 Å². The smallest absolute Gasteiger partial charge is 0.475 e. The predicted molar refractivity (Wildman–Crippen MR) is 127 cm³/mol. The van der Waals surface area contributed by atoms with Crippen molar-refractivity contribution < 1.29 is 27.9 Å². The summed E-state index contributed by atoms with van der Waals surface area (Å²) in [4.78, 5) is 29.1. The summed E-state index contributed by atoms with van der Waals surface area (Å²) in [6.07, 6.45) is 7.27. The number of halogens is 3. The van der Waals surface area contributed by atoms with Gasteiger partial charge in [-0.1, -0.05) is 12.1 Å². The highest BCUT2D eigenvalue weighted by molar-refractivity contribution is 6.07. The van der Waals surface area contributed by atoms with Gasteiger partial charge in [0, 0.05) is 17.3 Å². The molecular weight excluding hydrogens is 461 g/mol. The second-order valence-electron chi connectivity index (χ2n) is 8.51. The number of carboxylic acids is 1. The number of aliphatic carboxylic acids is 1. The third-order valence-electron chi connectivity index (χ3n) is 6.06. The first-order chi connectivity index (χ1) is 16.7. The molecule has 1 saturated heterocycles. The lowest BCUT2D eigenvalue weighted by Crippen LogP contribution is -2.26. The Labute approximate surface area is 201 Å². The zero-order chi connectivity index (χ0) is 25.4. The zero-order valence-corrected chi connectivity index (χ0v) is 19.1. The van der Waals surface area contributed by atoms with Crippen molar-refractivity contribution in [3.8, 4) is 0 Å². The number of alkyl halides is 3. The van der Waals surface area contributed by atoms with Crippen molar-refractivity contribution in [3.63, 3.8) is 0 Å². The van der Waals surface area contributed by atoms with Crippen LogP contribution in [0, 0.1) is 6.57 Å². The fourth-order valence-electron chi connectivity index (χ4n) is 4.22. The van der Waals surface area contributed by atoms with Gasteiger partial charge >= 0.3 is 12.1 Å². The molecular formula is C25H27F3N4O3. The van der Waals surface area contributed by atoms with E-state index >= 15 is 0 Å². The number of hydrogen-bond donors (Lipinski definition) is 3. The number of allylic oxidation sites excluding steroid dienone is 2. The SMILES string of the molecule is O=C(O)C(F)(F)F.[C-]#[N+]C1C=NC(C(=O)Nc2ccc(C3CCNCC3)cc2C2=CCCCC2)=C1. The minimum Gasteiger partial charge on any atom is -0.475 e. The summed E-state index contributed by atoms with van der Waals surface area (Å²) in [5, 5.41) is 13.6. The van der Waals surface area contributed by atoms with E-state index in [1.807, 2.05) is 6.07 Å². The number of nitrogens with zero attached hydrogens (tertiary/aromatic N) is 2. The molecule has 1 fully saturated rings. The normalized spacial score (nSPS) is 20.1. The summed E-state index contributed by atoms with van der Waals surface area (Å²) in [6.45, 7) is 9.22. The molecule has 2 aliphatic heterocycles. The van der Waals surface area contributed by atoms with E-state index in [0.717, 1.165) is 50.0 Å². The monoisotopic (exact) mass is 488 g/mol. The number of carboxylic acid groups (broad SMARTS) is 1. The molecule has 1 aromatic carbocycles. The summed E-state index contributed by atoms with van der Waals surface area (Å²) in [6, 6.07) is 6.07. The number of nitrogens with one attached hydrogen (secondary N) is 2. The number of piperidine rings is 1. The highest BCUT2D eigenvalue weighted by atomic mass is 19.4. The van der Waals surface area contributed by atoms with Gasteiger partial charge in [0.25, 0.3) is 11.9 Å². The van der Waals surface area contributed by atoms with E-state index in [4.69, 9.17) is 16.5 Å². The Bertz CT molecular complexity index is 1080. The largest absolute Gasteiger partial charge is 0.490 e. The summed E-state index contributed by atoms with van der Waals surface area (Å²) >= 11 is 0. The average molecular weight is 489 g/mol. The van der Waals surface area contributed by atoms with Crippen molar-refractivity contribution in [2.24, 2.45) is 4.99 Å². The Balaban J connectivity index is 0.000000429. The van der Waals surface area contributed by atoms with E-state index in [1.165, 1.54) is 30.2 Å². The summed E-state index contributed by atoms with van der Waals surface area (Å²) in [5.41, 5.74) is 5.02. The van der Waals surface area contributed by atoms with Crippen LogP contribution in [0.25, 0.3) is 10.4 Å². The molecule has 10 heteroatoms. The summed E-state index contributed by atoms with van der Waals surface area (Å²) in [5.74, 6) is -2.42. The van der Waals surface area contributed by atoms with Gasteiger partial charge in [0.1, 0.15) is 5.70 Å². The molecule has 186 valence electrons. The van der Waals surface area contributed by atoms with Crippen LogP contribution in [0.2, 0.25) is 0 Å². The minimum atomic E-state index is -5.08. The van der Waals surface area contributed by atoms with Crippen molar-refractivity contribution in [1.29, 1.82) is 0 Å². The standard InChI is InChI=1S/C23H26N4O.C2HF3O2/c1-24-19-14-22(26-15-19)23(28)27-21-8-7-18(16-9-11-25-12-10-16)13-20(21)17-5-3-2-4-6-17;3-2(4,5)1(6)7/h5,7-8,13-16,19,25H,2-4,6,9-12H2,(H,27,28);(H,6,7). The molecule has 1 aromatic rings. The number of amides is 1. The number of benzene rings is 1.